The van der Waals surface area contributed by atoms with Crippen molar-refractivity contribution in [3.05, 3.63) is 41.6 Å². The highest BCUT2D eigenvalue weighted by atomic mass is 15.2. The van der Waals surface area contributed by atoms with Crippen molar-refractivity contribution in [1.82, 2.24) is 9.88 Å². The molecule has 0 aliphatic rings. The second kappa shape index (κ2) is 6.12. The Balaban J connectivity index is 2.39. The van der Waals surface area contributed by atoms with E-state index in [1.807, 2.05) is 13.0 Å². The average Bonchev–Trinajstić information content (AvgIpc) is 2.46. The summed E-state index contributed by atoms with van der Waals surface area (Å²) in [7, 11) is 0. The number of nitrogens with zero attached hydrogens (tertiary/aromatic N) is 2. The Labute approximate surface area is 128 Å². The van der Waals surface area contributed by atoms with Crippen molar-refractivity contribution >= 4 is 10.9 Å². The molecule has 3 heteroatoms. The number of benzene rings is 1. The van der Waals surface area contributed by atoms with Crippen LogP contribution in [0.25, 0.3) is 10.9 Å². The lowest BCUT2D eigenvalue weighted by atomic mass is 9.87. The van der Waals surface area contributed by atoms with Crippen molar-refractivity contribution in [3.63, 3.8) is 0 Å². The van der Waals surface area contributed by atoms with Crippen molar-refractivity contribution in [1.29, 1.82) is 0 Å². The van der Waals surface area contributed by atoms with Crippen LogP contribution in [0.3, 0.4) is 0 Å². The first-order valence-electron chi connectivity index (χ1n) is 7.78. The highest BCUT2D eigenvalue weighted by molar-refractivity contribution is 5.79. The van der Waals surface area contributed by atoms with Gasteiger partial charge >= 0.3 is 0 Å². The largest absolute Gasteiger partial charge is 0.322 e. The summed E-state index contributed by atoms with van der Waals surface area (Å²) in [6.07, 6.45) is 0. The molecule has 1 unspecified atom stereocenters. The summed E-state index contributed by atoms with van der Waals surface area (Å²) in [4.78, 5) is 6.97. The Hall–Kier alpha value is -1.45. The first-order valence-corrected chi connectivity index (χ1v) is 7.78. The molecular weight excluding hydrogens is 258 g/mol. The molecular formula is C18H27N3. The topological polar surface area (TPSA) is 42.1 Å². The molecule has 2 aromatic rings. The molecule has 0 amide bonds. The number of aryl methyl sites for hydroxylation is 1. The van der Waals surface area contributed by atoms with Crippen LogP contribution < -0.4 is 5.73 Å². The van der Waals surface area contributed by atoms with Gasteiger partial charge < -0.3 is 5.73 Å². The van der Waals surface area contributed by atoms with E-state index in [9.17, 15) is 0 Å². The molecule has 0 aliphatic carbocycles. The molecule has 21 heavy (non-hydrogen) atoms. The van der Waals surface area contributed by atoms with Gasteiger partial charge in [0.1, 0.15) is 0 Å². The fraction of sp³-hybridized carbons (Fsp3) is 0.500. The van der Waals surface area contributed by atoms with E-state index in [1.54, 1.807) is 0 Å². The van der Waals surface area contributed by atoms with Gasteiger partial charge in [0.25, 0.3) is 0 Å². The number of likely N-dealkylation sites (N-methyl/N-ethyl adjacent to an activating group) is 1. The molecule has 0 saturated carbocycles. The summed E-state index contributed by atoms with van der Waals surface area (Å²) in [5.41, 5.74) is 9.76. The van der Waals surface area contributed by atoms with Gasteiger partial charge in [-0.3, -0.25) is 9.88 Å². The van der Waals surface area contributed by atoms with Crippen LogP contribution in [0.1, 0.15) is 45.0 Å². The van der Waals surface area contributed by atoms with E-state index < -0.39 is 0 Å². The van der Waals surface area contributed by atoms with Gasteiger partial charge in [-0.05, 0) is 57.6 Å². The van der Waals surface area contributed by atoms with E-state index >= 15 is 0 Å². The molecule has 1 heterocycles. The molecule has 0 bridgehead atoms. The van der Waals surface area contributed by atoms with E-state index in [4.69, 9.17) is 5.73 Å². The van der Waals surface area contributed by atoms with Crippen LogP contribution in [0.4, 0.5) is 0 Å². The standard InChI is InChI=1S/C18H27N3/c1-6-21(7-2)18(4,5)17(19)15-10-11-16-14(12-15)9-8-13(3)20-16/h8-12,17H,6-7,19H2,1-5H3. The van der Waals surface area contributed by atoms with Gasteiger partial charge in [0.15, 0.2) is 0 Å². The maximum Gasteiger partial charge on any atom is 0.0705 e. The number of rotatable bonds is 5. The lowest BCUT2D eigenvalue weighted by molar-refractivity contribution is 0.107. The molecule has 0 spiro atoms. The van der Waals surface area contributed by atoms with Crippen molar-refractivity contribution in [3.8, 4) is 0 Å². The van der Waals surface area contributed by atoms with Crippen LogP contribution in [0.5, 0.6) is 0 Å². The Morgan fingerprint density at radius 2 is 1.81 bits per heavy atom. The van der Waals surface area contributed by atoms with Gasteiger partial charge in [-0.1, -0.05) is 26.0 Å². The summed E-state index contributed by atoms with van der Waals surface area (Å²) in [5, 5.41) is 1.16. The number of nitrogens with two attached hydrogens (primary N) is 1. The van der Waals surface area contributed by atoms with E-state index in [-0.39, 0.29) is 11.6 Å². The Kier molecular flexibility index (Phi) is 4.64. The minimum Gasteiger partial charge on any atom is -0.322 e. The van der Waals surface area contributed by atoms with Crippen LogP contribution in [0, 0.1) is 6.92 Å². The zero-order valence-electron chi connectivity index (χ0n) is 13.9. The number of hydrogen-bond acceptors (Lipinski definition) is 3. The molecule has 1 atom stereocenters. The summed E-state index contributed by atoms with van der Waals surface area (Å²) >= 11 is 0. The van der Waals surface area contributed by atoms with Crippen LogP contribution in [-0.2, 0) is 0 Å². The Bertz CT molecular complexity index is 615. The minimum absolute atomic E-state index is 0.0249. The zero-order valence-corrected chi connectivity index (χ0v) is 13.9. The lowest BCUT2D eigenvalue weighted by Crippen LogP contribution is -2.51. The second-order valence-electron chi connectivity index (χ2n) is 6.21. The molecule has 1 aromatic heterocycles. The third-order valence-electron chi connectivity index (χ3n) is 4.55. The monoisotopic (exact) mass is 285 g/mol. The fourth-order valence-electron chi connectivity index (χ4n) is 3.08. The second-order valence-corrected chi connectivity index (χ2v) is 6.21. The van der Waals surface area contributed by atoms with E-state index in [1.165, 1.54) is 5.56 Å². The minimum atomic E-state index is -0.0741. The summed E-state index contributed by atoms with van der Waals surface area (Å²) in [6.45, 7) is 12.8. The van der Waals surface area contributed by atoms with E-state index in [2.05, 4.69) is 61.8 Å². The van der Waals surface area contributed by atoms with E-state index in [0.29, 0.717) is 0 Å². The molecule has 2 N–H and O–H groups in total. The van der Waals surface area contributed by atoms with Gasteiger partial charge in [0.05, 0.1) is 5.52 Å². The maximum absolute atomic E-state index is 6.58. The quantitative estimate of drug-likeness (QED) is 0.911. The molecule has 2 rings (SSSR count). The number of fused-ring (bicyclic) bond motifs is 1. The highest BCUT2D eigenvalue weighted by Crippen LogP contribution is 2.30. The van der Waals surface area contributed by atoms with Crippen LogP contribution >= 0.6 is 0 Å². The summed E-state index contributed by atoms with van der Waals surface area (Å²) in [5.74, 6) is 0. The van der Waals surface area contributed by atoms with Crippen molar-refractivity contribution in [2.45, 2.75) is 46.2 Å². The van der Waals surface area contributed by atoms with Crippen molar-refractivity contribution in [2.24, 2.45) is 5.73 Å². The van der Waals surface area contributed by atoms with Gasteiger partial charge in [0, 0.05) is 22.7 Å². The predicted molar refractivity (Wildman–Crippen MR) is 90.4 cm³/mol. The van der Waals surface area contributed by atoms with Crippen LogP contribution in [0.2, 0.25) is 0 Å². The number of hydrogen-bond donors (Lipinski definition) is 1. The first-order chi connectivity index (χ1) is 9.90. The molecule has 1 aromatic carbocycles. The molecule has 0 saturated heterocycles. The van der Waals surface area contributed by atoms with Crippen molar-refractivity contribution < 1.29 is 0 Å². The third kappa shape index (κ3) is 3.09. The predicted octanol–water partition coefficient (Wildman–Crippen LogP) is 3.66. The molecule has 0 fully saturated rings. The van der Waals surface area contributed by atoms with Gasteiger partial charge in [-0.25, -0.2) is 0 Å². The van der Waals surface area contributed by atoms with Gasteiger partial charge in [-0.2, -0.15) is 0 Å². The maximum atomic E-state index is 6.58. The Morgan fingerprint density at radius 3 is 2.43 bits per heavy atom. The Morgan fingerprint density at radius 1 is 1.14 bits per heavy atom. The molecule has 0 aliphatic heterocycles. The molecule has 0 radical (unpaired) electrons. The fourth-order valence-corrected chi connectivity index (χ4v) is 3.08. The first kappa shape index (κ1) is 15.9. The van der Waals surface area contributed by atoms with Gasteiger partial charge in [-0.15, -0.1) is 0 Å². The number of aromatic nitrogens is 1. The molecule has 3 nitrogen and oxygen atoms in total. The molecule has 114 valence electrons. The van der Waals surface area contributed by atoms with Crippen LogP contribution in [-0.4, -0.2) is 28.5 Å². The van der Waals surface area contributed by atoms with E-state index in [0.717, 1.165) is 29.7 Å². The SMILES string of the molecule is CCN(CC)C(C)(C)C(N)c1ccc2nc(C)ccc2c1. The highest BCUT2D eigenvalue weighted by Gasteiger charge is 2.32. The lowest BCUT2D eigenvalue weighted by Gasteiger charge is -2.42. The number of pyridine rings is 1. The van der Waals surface area contributed by atoms with Gasteiger partial charge in [0.2, 0.25) is 0 Å². The third-order valence-corrected chi connectivity index (χ3v) is 4.55. The summed E-state index contributed by atoms with van der Waals surface area (Å²) < 4.78 is 0. The van der Waals surface area contributed by atoms with Crippen LogP contribution in [0.15, 0.2) is 30.3 Å². The summed E-state index contributed by atoms with van der Waals surface area (Å²) in [6, 6.07) is 10.5. The normalized spacial score (nSPS) is 13.9. The smallest absolute Gasteiger partial charge is 0.0705 e. The van der Waals surface area contributed by atoms with Crippen molar-refractivity contribution in [2.75, 3.05) is 13.1 Å². The zero-order chi connectivity index (χ0) is 15.6. The average molecular weight is 285 g/mol.